The van der Waals surface area contributed by atoms with Crippen molar-refractivity contribution in [1.29, 1.82) is 0 Å². The van der Waals surface area contributed by atoms with E-state index in [9.17, 15) is 9.59 Å². The predicted octanol–water partition coefficient (Wildman–Crippen LogP) is 1.46. The number of aromatic nitrogens is 1. The first-order chi connectivity index (χ1) is 10.7. The number of nitrogens with one attached hydrogen (secondary N) is 1. The third-order valence-electron chi connectivity index (χ3n) is 3.98. The Bertz CT molecular complexity index is 574. The Hall–Kier alpha value is -1.89. The minimum absolute atomic E-state index is 0.0463. The molecule has 0 saturated carbocycles. The quantitative estimate of drug-likeness (QED) is 0.908. The zero-order chi connectivity index (χ0) is 17.2. The van der Waals surface area contributed by atoms with E-state index in [1.54, 1.807) is 25.1 Å². The molecule has 0 unspecified atom stereocenters. The minimum atomic E-state index is -0.212. The first-order valence-corrected chi connectivity index (χ1v) is 7.91. The van der Waals surface area contributed by atoms with Crippen molar-refractivity contribution in [2.45, 2.75) is 45.1 Å². The Balaban J connectivity index is 1.94. The lowest BCUT2D eigenvalue weighted by molar-refractivity contribution is -0.133. The fourth-order valence-corrected chi connectivity index (χ4v) is 2.64. The summed E-state index contributed by atoms with van der Waals surface area (Å²) < 4.78 is 5.16. The highest BCUT2D eigenvalue weighted by atomic mass is 16.5. The van der Waals surface area contributed by atoms with E-state index in [-0.39, 0.29) is 29.8 Å². The van der Waals surface area contributed by atoms with E-state index in [2.05, 4.69) is 10.5 Å². The van der Waals surface area contributed by atoms with Gasteiger partial charge in [-0.1, -0.05) is 25.9 Å². The van der Waals surface area contributed by atoms with Crippen LogP contribution in [0.1, 0.15) is 39.3 Å². The Morgan fingerprint density at radius 2 is 2.13 bits per heavy atom. The van der Waals surface area contributed by atoms with E-state index >= 15 is 0 Å². The van der Waals surface area contributed by atoms with Gasteiger partial charge < -0.3 is 9.42 Å². The molecular formula is C16H26N4O3. The molecule has 0 bridgehead atoms. The third-order valence-corrected chi connectivity index (χ3v) is 3.98. The highest BCUT2D eigenvalue weighted by Crippen LogP contribution is 2.24. The zero-order valence-electron chi connectivity index (χ0n) is 14.5. The van der Waals surface area contributed by atoms with Crippen LogP contribution in [0.2, 0.25) is 0 Å². The number of hydrogen-bond donors (Lipinski definition) is 1. The van der Waals surface area contributed by atoms with Gasteiger partial charge in [0.1, 0.15) is 0 Å². The molecule has 128 valence electrons. The molecule has 2 amide bonds. The molecule has 7 nitrogen and oxygen atoms in total. The second-order valence-electron chi connectivity index (χ2n) is 7.24. The van der Waals surface area contributed by atoms with Crippen LogP contribution in [0.15, 0.2) is 10.6 Å². The van der Waals surface area contributed by atoms with Crippen molar-refractivity contribution in [2.75, 3.05) is 32.5 Å². The molecule has 1 fully saturated rings. The fourth-order valence-electron chi connectivity index (χ4n) is 2.64. The number of amides is 2. The van der Waals surface area contributed by atoms with E-state index < -0.39 is 0 Å². The van der Waals surface area contributed by atoms with Gasteiger partial charge in [0.2, 0.25) is 17.7 Å². The molecule has 2 rings (SSSR count). The van der Waals surface area contributed by atoms with Crippen LogP contribution in [0.3, 0.4) is 0 Å². The van der Waals surface area contributed by atoms with Crippen LogP contribution in [-0.4, -0.2) is 60.0 Å². The highest BCUT2D eigenvalue weighted by Gasteiger charge is 2.33. The standard InChI is InChI=1S/C16H26N4O3/c1-16(2,3)12-9-14(23-18-12)17-13(21)10-20-8-6-7-11(20)15(22)19(4)5/h9,11H,6-8,10H2,1-5H3,(H,17,21)/t11-/m0/s1. The first-order valence-electron chi connectivity index (χ1n) is 7.91. The van der Waals surface area contributed by atoms with Gasteiger partial charge in [0.25, 0.3) is 0 Å². The summed E-state index contributed by atoms with van der Waals surface area (Å²) in [5.74, 6) is 0.194. The molecule has 7 heteroatoms. The van der Waals surface area contributed by atoms with Crippen LogP contribution in [-0.2, 0) is 15.0 Å². The van der Waals surface area contributed by atoms with Crippen LogP contribution in [0.4, 0.5) is 5.88 Å². The van der Waals surface area contributed by atoms with Crippen LogP contribution in [0.5, 0.6) is 0 Å². The molecule has 1 atom stereocenters. The van der Waals surface area contributed by atoms with Crippen molar-refractivity contribution in [1.82, 2.24) is 15.0 Å². The maximum Gasteiger partial charge on any atom is 0.240 e. The van der Waals surface area contributed by atoms with Crippen molar-refractivity contribution in [2.24, 2.45) is 0 Å². The number of likely N-dealkylation sites (tertiary alicyclic amines) is 1. The van der Waals surface area contributed by atoms with Gasteiger partial charge in [0, 0.05) is 25.6 Å². The number of anilines is 1. The monoisotopic (exact) mass is 322 g/mol. The van der Waals surface area contributed by atoms with Crippen molar-refractivity contribution in [3.63, 3.8) is 0 Å². The molecule has 1 aliphatic heterocycles. The molecule has 2 heterocycles. The minimum Gasteiger partial charge on any atom is -0.347 e. The summed E-state index contributed by atoms with van der Waals surface area (Å²) in [5.41, 5.74) is 0.652. The normalized spacial score (nSPS) is 18.9. The smallest absolute Gasteiger partial charge is 0.240 e. The Labute approximate surface area is 137 Å². The van der Waals surface area contributed by atoms with Gasteiger partial charge in [-0.15, -0.1) is 0 Å². The maximum absolute atomic E-state index is 12.2. The second-order valence-corrected chi connectivity index (χ2v) is 7.24. The molecule has 0 aromatic carbocycles. The molecule has 0 aliphatic carbocycles. The molecule has 0 radical (unpaired) electrons. The summed E-state index contributed by atoms with van der Waals surface area (Å²) in [6, 6.07) is 1.53. The molecule has 23 heavy (non-hydrogen) atoms. The summed E-state index contributed by atoms with van der Waals surface area (Å²) in [7, 11) is 3.48. The highest BCUT2D eigenvalue weighted by molar-refractivity contribution is 5.91. The molecule has 1 aromatic heterocycles. The van der Waals surface area contributed by atoms with E-state index in [1.165, 1.54) is 0 Å². The first kappa shape index (κ1) is 17.5. The van der Waals surface area contributed by atoms with Crippen LogP contribution in [0, 0.1) is 0 Å². The lowest BCUT2D eigenvalue weighted by atomic mass is 9.92. The van der Waals surface area contributed by atoms with Crippen molar-refractivity contribution >= 4 is 17.7 Å². The molecule has 1 aromatic rings. The van der Waals surface area contributed by atoms with Gasteiger partial charge in [0.05, 0.1) is 18.3 Å². The number of likely N-dealkylation sites (N-methyl/N-ethyl adjacent to an activating group) is 1. The Morgan fingerprint density at radius 1 is 1.43 bits per heavy atom. The van der Waals surface area contributed by atoms with Gasteiger partial charge in [-0.05, 0) is 19.4 Å². The SMILES string of the molecule is CN(C)C(=O)[C@@H]1CCCN1CC(=O)Nc1cc(C(C)(C)C)no1. The van der Waals surface area contributed by atoms with E-state index in [0.717, 1.165) is 25.1 Å². The zero-order valence-corrected chi connectivity index (χ0v) is 14.5. The van der Waals surface area contributed by atoms with Gasteiger partial charge in [-0.25, -0.2) is 0 Å². The summed E-state index contributed by atoms with van der Waals surface area (Å²) >= 11 is 0. The van der Waals surface area contributed by atoms with Gasteiger partial charge in [0.15, 0.2) is 0 Å². The van der Waals surface area contributed by atoms with E-state index in [0.29, 0.717) is 5.88 Å². The maximum atomic E-state index is 12.2. The van der Waals surface area contributed by atoms with Crippen molar-refractivity contribution in [3.05, 3.63) is 11.8 Å². The topological polar surface area (TPSA) is 78.7 Å². The number of carbonyl (C=O) groups excluding carboxylic acids is 2. The van der Waals surface area contributed by atoms with Gasteiger partial charge in [-0.2, -0.15) is 0 Å². The molecule has 1 N–H and O–H groups in total. The lowest BCUT2D eigenvalue weighted by Gasteiger charge is -2.25. The van der Waals surface area contributed by atoms with E-state index in [4.69, 9.17) is 4.52 Å². The van der Waals surface area contributed by atoms with Crippen molar-refractivity contribution in [3.8, 4) is 0 Å². The average molecular weight is 322 g/mol. The number of carbonyl (C=O) groups is 2. The molecule has 1 aliphatic rings. The van der Waals surface area contributed by atoms with Crippen LogP contribution in [0.25, 0.3) is 0 Å². The summed E-state index contributed by atoms with van der Waals surface area (Å²) in [6.07, 6.45) is 1.72. The number of hydrogen-bond acceptors (Lipinski definition) is 5. The number of nitrogens with zero attached hydrogens (tertiary/aromatic N) is 3. The predicted molar refractivity (Wildman–Crippen MR) is 87.1 cm³/mol. The van der Waals surface area contributed by atoms with Gasteiger partial charge in [-0.3, -0.25) is 19.8 Å². The number of rotatable bonds is 4. The Kier molecular flexibility index (Phi) is 5.09. The molecule has 1 saturated heterocycles. The molecule has 0 spiro atoms. The van der Waals surface area contributed by atoms with Gasteiger partial charge >= 0.3 is 0 Å². The Morgan fingerprint density at radius 3 is 2.70 bits per heavy atom. The largest absolute Gasteiger partial charge is 0.347 e. The molecular weight excluding hydrogens is 296 g/mol. The summed E-state index contributed by atoms with van der Waals surface area (Å²) in [6.45, 7) is 7.01. The second kappa shape index (κ2) is 6.70. The summed E-state index contributed by atoms with van der Waals surface area (Å²) in [4.78, 5) is 27.8. The van der Waals surface area contributed by atoms with Crippen molar-refractivity contribution < 1.29 is 14.1 Å². The third kappa shape index (κ3) is 4.31. The van der Waals surface area contributed by atoms with Crippen LogP contribution >= 0.6 is 0 Å². The van der Waals surface area contributed by atoms with E-state index in [1.807, 2.05) is 25.7 Å². The fraction of sp³-hybridized carbons (Fsp3) is 0.688. The summed E-state index contributed by atoms with van der Waals surface area (Å²) in [5, 5.41) is 6.69. The van der Waals surface area contributed by atoms with Crippen LogP contribution < -0.4 is 5.32 Å². The lowest BCUT2D eigenvalue weighted by Crippen LogP contribution is -2.45. The average Bonchev–Trinajstić information content (AvgIpc) is 3.06.